The highest BCUT2D eigenvalue weighted by molar-refractivity contribution is 7.91. The van der Waals surface area contributed by atoms with Gasteiger partial charge in [0.1, 0.15) is 0 Å². The lowest BCUT2D eigenvalue weighted by molar-refractivity contribution is 0.600. The van der Waals surface area contributed by atoms with Crippen LogP contribution in [0.5, 0.6) is 0 Å². The maximum atomic E-state index is 11.0. The quantitative estimate of drug-likeness (QED) is 0.464. The summed E-state index contributed by atoms with van der Waals surface area (Å²) in [5, 5.41) is 6.40. The van der Waals surface area contributed by atoms with Crippen molar-refractivity contribution < 1.29 is 8.42 Å². The van der Waals surface area contributed by atoms with E-state index in [4.69, 9.17) is 12.2 Å². The maximum Gasteiger partial charge on any atom is 0.166 e. The summed E-state index contributed by atoms with van der Waals surface area (Å²) < 4.78 is 22.1. The summed E-state index contributed by atoms with van der Waals surface area (Å²) in [7, 11) is -2.81. The van der Waals surface area contributed by atoms with Gasteiger partial charge in [0.2, 0.25) is 0 Å². The highest BCUT2D eigenvalue weighted by Crippen LogP contribution is 2.15. The fraction of sp³-hybridized carbons (Fsp3) is 0.800. The molecule has 0 aliphatic carbocycles. The van der Waals surface area contributed by atoms with Crippen LogP contribution in [0.15, 0.2) is 0 Å². The minimum Gasteiger partial charge on any atom is -0.357 e. The normalized spacial score (nSPS) is 39.5. The van der Waals surface area contributed by atoms with Gasteiger partial charge in [0.05, 0.1) is 23.6 Å². The number of nitrogens with one attached hydrogen (secondary N) is 2. The van der Waals surface area contributed by atoms with Crippen LogP contribution in [0.25, 0.3) is 0 Å². The third kappa shape index (κ3) is 1.20. The molecule has 2 fully saturated rings. The summed E-state index contributed by atoms with van der Waals surface area (Å²) in [5.41, 5.74) is 0. The van der Waals surface area contributed by atoms with Gasteiger partial charge in [-0.3, -0.25) is 0 Å². The van der Waals surface area contributed by atoms with E-state index >= 15 is 0 Å². The molecule has 0 aromatic heterocycles. The average Bonchev–Trinajstić information content (AvgIpc) is 2.17. The van der Waals surface area contributed by atoms with Gasteiger partial charge >= 0.3 is 0 Å². The van der Waals surface area contributed by atoms with Crippen LogP contribution >= 0.6 is 12.2 Å². The zero-order chi connectivity index (χ0) is 8.06. The second kappa shape index (κ2) is 2.07. The molecule has 0 aromatic carbocycles. The van der Waals surface area contributed by atoms with Crippen molar-refractivity contribution >= 4 is 27.2 Å². The molecule has 0 saturated carbocycles. The van der Waals surface area contributed by atoms with Gasteiger partial charge in [-0.25, -0.2) is 8.42 Å². The fourth-order valence-electron chi connectivity index (χ4n) is 1.51. The molecule has 2 N–H and O–H groups in total. The minimum atomic E-state index is -2.81. The monoisotopic (exact) mass is 192 g/mol. The Labute approximate surface area is 70.3 Å². The van der Waals surface area contributed by atoms with E-state index in [1.807, 2.05) is 0 Å². The van der Waals surface area contributed by atoms with Crippen LogP contribution < -0.4 is 10.6 Å². The van der Waals surface area contributed by atoms with Gasteiger partial charge in [0, 0.05) is 0 Å². The number of hydrogen-bond acceptors (Lipinski definition) is 3. The number of rotatable bonds is 0. The second-order valence-corrected chi connectivity index (χ2v) is 5.47. The van der Waals surface area contributed by atoms with Crippen LogP contribution in [-0.4, -0.2) is 37.1 Å². The first kappa shape index (κ1) is 7.30. The van der Waals surface area contributed by atoms with Crippen LogP contribution in [-0.2, 0) is 9.84 Å². The van der Waals surface area contributed by atoms with Gasteiger partial charge in [0.25, 0.3) is 0 Å². The molecule has 4 nitrogen and oxygen atoms in total. The second-order valence-electron chi connectivity index (χ2n) is 2.91. The maximum absolute atomic E-state index is 11.0. The smallest absolute Gasteiger partial charge is 0.166 e. The molecule has 0 aromatic rings. The van der Waals surface area contributed by atoms with Crippen LogP contribution in [0.1, 0.15) is 0 Å². The molecule has 6 heteroatoms. The van der Waals surface area contributed by atoms with Crippen molar-refractivity contribution in [1.82, 2.24) is 10.6 Å². The van der Waals surface area contributed by atoms with E-state index in [9.17, 15) is 8.42 Å². The Bertz CT molecular complexity index is 276. The van der Waals surface area contributed by atoms with Crippen LogP contribution in [0, 0.1) is 0 Å². The van der Waals surface area contributed by atoms with Crippen LogP contribution in [0.3, 0.4) is 0 Å². The van der Waals surface area contributed by atoms with E-state index in [2.05, 4.69) is 10.6 Å². The number of fused-ring (bicyclic) bond motifs is 1. The van der Waals surface area contributed by atoms with Gasteiger partial charge < -0.3 is 10.6 Å². The molecule has 2 aliphatic rings. The molecule has 11 heavy (non-hydrogen) atoms. The third-order valence-corrected chi connectivity index (χ3v) is 3.96. The van der Waals surface area contributed by atoms with E-state index in [0.717, 1.165) is 0 Å². The van der Waals surface area contributed by atoms with Crippen LogP contribution in [0.4, 0.5) is 0 Å². The first-order valence-electron chi connectivity index (χ1n) is 3.34. The minimum absolute atomic E-state index is 0.00694. The summed E-state index contributed by atoms with van der Waals surface area (Å²) >= 11 is 4.83. The zero-order valence-electron chi connectivity index (χ0n) is 5.70. The summed E-state index contributed by atoms with van der Waals surface area (Å²) in [4.78, 5) is 0. The Kier molecular flexibility index (Phi) is 1.37. The van der Waals surface area contributed by atoms with E-state index in [1.165, 1.54) is 0 Å². The molecular weight excluding hydrogens is 184 g/mol. The third-order valence-electron chi connectivity index (χ3n) is 1.99. The van der Waals surface area contributed by atoms with Crippen molar-refractivity contribution in [2.24, 2.45) is 0 Å². The predicted octanol–water partition coefficient (Wildman–Crippen LogP) is -1.37. The van der Waals surface area contributed by atoms with Gasteiger partial charge in [-0.1, -0.05) is 0 Å². The summed E-state index contributed by atoms with van der Waals surface area (Å²) in [6.07, 6.45) is 0. The predicted molar refractivity (Wildman–Crippen MR) is 45.1 cm³/mol. The molecule has 2 heterocycles. The van der Waals surface area contributed by atoms with E-state index in [1.54, 1.807) is 0 Å². The molecular formula is C5H8N2O2S2. The molecule has 2 saturated heterocycles. The molecule has 2 rings (SSSR count). The van der Waals surface area contributed by atoms with Crippen molar-refractivity contribution in [2.45, 2.75) is 12.1 Å². The molecule has 0 amide bonds. The lowest BCUT2D eigenvalue weighted by Gasteiger charge is -2.02. The Morgan fingerprint density at radius 2 is 1.73 bits per heavy atom. The molecule has 0 unspecified atom stereocenters. The largest absolute Gasteiger partial charge is 0.357 e. The molecule has 62 valence electrons. The fourth-order valence-corrected chi connectivity index (χ4v) is 3.67. The standard InChI is InChI=1S/C5H8N2O2S2/c8-11(9)1-3-4(2-11)7-5(10)6-3/h3-4H,1-2H2,(H2,6,7,10)/t3-,4-/m1/s1. The number of thiocarbonyl (C=S) groups is 1. The van der Waals surface area contributed by atoms with Gasteiger partial charge in [-0.2, -0.15) is 0 Å². The average molecular weight is 192 g/mol. The van der Waals surface area contributed by atoms with Crippen molar-refractivity contribution in [3.8, 4) is 0 Å². The van der Waals surface area contributed by atoms with Crippen molar-refractivity contribution in [3.63, 3.8) is 0 Å². The highest BCUT2D eigenvalue weighted by Gasteiger charge is 2.42. The summed E-state index contributed by atoms with van der Waals surface area (Å²) in [6.45, 7) is 0. The summed E-state index contributed by atoms with van der Waals surface area (Å²) in [6, 6.07) is 0.0139. The zero-order valence-corrected chi connectivity index (χ0v) is 7.33. The molecule has 2 aliphatic heterocycles. The lowest BCUT2D eigenvalue weighted by Crippen LogP contribution is -2.31. The van der Waals surface area contributed by atoms with E-state index in [-0.39, 0.29) is 23.6 Å². The Hall–Kier alpha value is -0.360. The number of sulfone groups is 1. The molecule has 0 spiro atoms. The Morgan fingerprint density at radius 1 is 1.27 bits per heavy atom. The SMILES string of the molecule is O=S1(=O)C[C@H]2NC(=S)N[C@@H]2C1. The van der Waals surface area contributed by atoms with Crippen LogP contribution in [0.2, 0.25) is 0 Å². The number of hydrogen-bond donors (Lipinski definition) is 2. The lowest BCUT2D eigenvalue weighted by atomic mass is 10.2. The Balaban J connectivity index is 2.22. The Morgan fingerprint density at radius 3 is 2.18 bits per heavy atom. The molecule has 2 atom stereocenters. The topological polar surface area (TPSA) is 58.2 Å². The molecule has 0 radical (unpaired) electrons. The molecule has 0 bridgehead atoms. The van der Waals surface area contributed by atoms with Gasteiger partial charge in [-0.15, -0.1) is 0 Å². The summed E-state index contributed by atoms with van der Waals surface area (Å²) in [5.74, 6) is 0.426. The van der Waals surface area contributed by atoms with Gasteiger partial charge in [0.15, 0.2) is 14.9 Å². The van der Waals surface area contributed by atoms with Crippen molar-refractivity contribution in [1.29, 1.82) is 0 Å². The van der Waals surface area contributed by atoms with Crippen molar-refractivity contribution in [2.75, 3.05) is 11.5 Å². The highest BCUT2D eigenvalue weighted by atomic mass is 32.2. The first-order valence-corrected chi connectivity index (χ1v) is 5.57. The van der Waals surface area contributed by atoms with E-state index in [0.29, 0.717) is 5.11 Å². The van der Waals surface area contributed by atoms with Gasteiger partial charge in [-0.05, 0) is 12.2 Å². The first-order chi connectivity index (χ1) is 5.07. The van der Waals surface area contributed by atoms with E-state index < -0.39 is 9.84 Å². The van der Waals surface area contributed by atoms with Crippen molar-refractivity contribution in [3.05, 3.63) is 0 Å².